The number of hydrogen-bond donors (Lipinski definition) is 1. The fourth-order valence-corrected chi connectivity index (χ4v) is 3.05. The minimum Gasteiger partial charge on any atom is -0.343 e. The normalized spacial score (nSPS) is 12.2. The van der Waals surface area contributed by atoms with Gasteiger partial charge >= 0.3 is 0 Å². The molecule has 6 nitrogen and oxygen atoms in total. The largest absolute Gasteiger partial charge is 0.343 e. The summed E-state index contributed by atoms with van der Waals surface area (Å²) in [5.41, 5.74) is 0.675. The third-order valence-corrected chi connectivity index (χ3v) is 5.53. The van der Waals surface area contributed by atoms with E-state index in [2.05, 4.69) is 10.3 Å². The minimum absolute atomic E-state index is 0.149. The van der Waals surface area contributed by atoms with E-state index < -0.39 is 15.6 Å². The van der Waals surface area contributed by atoms with Crippen molar-refractivity contribution in [1.29, 1.82) is 0 Å². The van der Waals surface area contributed by atoms with Gasteiger partial charge in [-0.15, -0.1) is 0 Å². The van der Waals surface area contributed by atoms with Gasteiger partial charge in [-0.2, -0.15) is 0 Å². The van der Waals surface area contributed by atoms with Crippen LogP contribution in [0.5, 0.6) is 0 Å². The van der Waals surface area contributed by atoms with Gasteiger partial charge in [0.15, 0.2) is 0 Å². The van der Waals surface area contributed by atoms with Gasteiger partial charge in [0.05, 0.1) is 10.4 Å². The molecule has 0 unspecified atom stereocenters. The Hall–Kier alpha value is -2.25. The molecule has 0 saturated carbocycles. The SMILES string of the molecule is CN(C)S(=O)(=O)c1ccc(C(=O)NC(C)(C)c2cccnc2)cc1. The smallest absolute Gasteiger partial charge is 0.251 e. The molecule has 7 heteroatoms. The van der Waals surface area contributed by atoms with Crippen LogP contribution >= 0.6 is 0 Å². The molecule has 0 saturated heterocycles. The van der Waals surface area contributed by atoms with Crippen LogP contribution in [0.2, 0.25) is 0 Å². The molecule has 1 N–H and O–H groups in total. The predicted octanol–water partition coefficient (Wildman–Crippen LogP) is 2.00. The first-order valence-corrected chi connectivity index (χ1v) is 8.84. The van der Waals surface area contributed by atoms with Crippen molar-refractivity contribution >= 4 is 15.9 Å². The molecule has 0 aliphatic rings. The molecule has 0 aliphatic carbocycles. The average molecular weight is 347 g/mol. The number of nitrogens with zero attached hydrogens (tertiary/aromatic N) is 2. The predicted molar refractivity (Wildman–Crippen MR) is 92.0 cm³/mol. The standard InChI is InChI=1S/C17H21N3O3S/c1-17(2,14-6-5-11-18-12-14)19-16(21)13-7-9-15(10-8-13)24(22,23)20(3)4/h5-12H,1-4H3,(H,19,21). The van der Waals surface area contributed by atoms with Gasteiger partial charge in [0.2, 0.25) is 10.0 Å². The van der Waals surface area contributed by atoms with E-state index in [4.69, 9.17) is 0 Å². The molecule has 0 spiro atoms. The second kappa shape index (κ2) is 6.70. The number of rotatable bonds is 5. The number of sulfonamides is 1. The summed E-state index contributed by atoms with van der Waals surface area (Å²) in [6.07, 6.45) is 3.37. The van der Waals surface area contributed by atoms with Crippen molar-refractivity contribution in [1.82, 2.24) is 14.6 Å². The fourth-order valence-electron chi connectivity index (χ4n) is 2.15. The molecule has 1 heterocycles. The highest BCUT2D eigenvalue weighted by atomic mass is 32.2. The first-order chi connectivity index (χ1) is 11.1. The zero-order valence-corrected chi connectivity index (χ0v) is 15.0. The van der Waals surface area contributed by atoms with Crippen LogP contribution in [0.4, 0.5) is 0 Å². The van der Waals surface area contributed by atoms with Crippen molar-refractivity contribution in [2.24, 2.45) is 0 Å². The molecule has 1 aromatic heterocycles. The Bertz CT molecular complexity index is 814. The third kappa shape index (κ3) is 3.80. The van der Waals surface area contributed by atoms with Gasteiger partial charge in [-0.3, -0.25) is 9.78 Å². The highest BCUT2D eigenvalue weighted by Gasteiger charge is 2.24. The minimum atomic E-state index is -3.50. The van der Waals surface area contributed by atoms with Gasteiger partial charge in [-0.25, -0.2) is 12.7 Å². The summed E-state index contributed by atoms with van der Waals surface area (Å²) >= 11 is 0. The van der Waals surface area contributed by atoms with Crippen LogP contribution in [0.15, 0.2) is 53.7 Å². The van der Waals surface area contributed by atoms with Crippen molar-refractivity contribution in [3.05, 3.63) is 59.9 Å². The van der Waals surface area contributed by atoms with Gasteiger partial charge in [-0.05, 0) is 49.7 Å². The molecular weight excluding hydrogens is 326 g/mol. The number of carbonyl (C=O) groups is 1. The molecule has 2 rings (SSSR count). The Balaban J connectivity index is 2.19. The first-order valence-electron chi connectivity index (χ1n) is 7.40. The second-order valence-electron chi connectivity index (χ2n) is 6.13. The first kappa shape index (κ1) is 18.1. The molecule has 2 aromatic rings. The monoisotopic (exact) mass is 347 g/mol. The molecule has 128 valence electrons. The van der Waals surface area contributed by atoms with E-state index in [9.17, 15) is 13.2 Å². The summed E-state index contributed by atoms with van der Waals surface area (Å²) in [6, 6.07) is 9.57. The molecule has 1 aromatic carbocycles. The molecule has 0 bridgehead atoms. The van der Waals surface area contributed by atoms with Crippen molar-refractivity contribution in [2.45, 2.75) is 24.3 Å². The van der Waals surface area contributed by atoms with E-state index in [0.717, 1.165) is 9.87 Å². The number of aromatic nitrogens is 1. The molecule has 1 amide bonds. The van der Waals surface area contributed by atoms with Crippen LogP contribution in [0.3, 0.4) is 0 Å². The maximum Gasteiger partial charge on any atom is 0.251 e. The Morgan fingerprint density at radius 1 is 1.12 bits per heavy atom. The van der Waals surface area contributed by atoms with Crippen molar-refractivity contribution in [2.75, 3.05) is 14.1 Å². The number of nitrogens with one attached hydrogen (secondary N) is 1. The molecule has 0 fully saturated rings. The van der Waals surface area contributed by atoms with Crippen LogP contribution < -0.4 is 5.32 Å². The molecule has 0 aliphatic heterocycles. The van der Waals surface area contributed by atoms with Crippen molar-refractivity contribution in [3.63, 3.8) is 0 Å². The number of benzene rings is 1. The molecule has 0 atom stereocenters. The summed E-state index contributed by atoms with van der Waals surface area (Å²) in [6.45, 7) is 3.76. The summed E-state index contributed by atoms with van der Waals surface area (Å²) in [7, 11) is -0.575. The molecular formula is C17H21N3O3S. The number of amides is 1. The highest BCUT2D eigenvalue weighted by Crippen LogP contribution is 2.20. The fraction of sp³-hybridized carbons (Fsp3) is 0.294. The van der Waals surface area contributed by atoms with Gasteiger partial charge in [-0.1, -0.05) is 6.07 Å². The lowest BCUT2D eigenvalue weighted by atomic mass is 9.95. The quantitative estimate of drug-likeness (QED) is 0.897. The van der Waals surface area contributed by atoms with Gasteiger partial charge in [0.25, 0.3) is 5.91 Å². The second-order valence-corrected chi connectivity index (χ2v) is 8.28. The van der Waals surface area contributed by atoms with Gasteiger partial charge < -0.3 is 5.32 Å². The summed E-state index contributed by atoms with van der Waals surface area (Å²) in [4.78, 5) is 16.6. The summed E-state index contributed by atoms with van der Waals surface area (Å²) in [5, 5.41) is 2.93. The van der Waals surface area contributed by atoms with Gasteiger partial charge in [0, 0.05) is 32.1 Å². The van der Waals surface area contributed by atoms with E-state index in [-0.39, 0.29) is 10.8 Å². The lowest BCUT2D eigenvalue weighted by Crippen LogP contribution is -2.41. The van der Waals surface area contributed by atoms with Crippen molar-refractivity contribution < 1.29 is 13.2 Å². The van der Waals surface area contributed by atoms with E-state index in [0.29, 0.717) is 5.56 Å². The zero-order chi connectivity index (χ0) is 18.0. The third-order valence-electron chi connectivity index (χ3n) is 3.70. The topological polar surface area (TPSA) is 79.4 Å². The van der Waals surface area contributed by atoms with E-state index in [1.165, 1.54) is 38.4 Å². The van der Waals surface area contributed by atoms with Crippen molar-refractivity contribution in [3.8, 4) is 0 Å². The van der Waals surface area contributed by atoms with Crippen LogP contribution in [-0.2, 0) is 15.6 Å². The number of hydrogen-bond acceptors (Lipinski definition) is 4. The maximum absolute atomic E-state index is 12.4. The van der Waals surface area contributed by atoms with Crippen LogP contribution in [0, 0.1) is 0 Å². The average Bonchev–Trinajstić information content (AvgIpc) is 2.55. The Labute approximate surface area is 142 Å². The van der Waals surface area contributed by atoms with E-state index >= 15 is 0 Å². The Morgan fingerprint density at radius 3 is 2.25 bits per heavy atom. The van der Waals surface area contributed by atoms with Crippen LogP contribution in [-0.4, -0.2) is 37.7 Å². The molecule has 24 heavy (non-hydrogen) atoms. The summed E-state index contributed by atoms with van der Waals surface area (Å²) < 4.78 is 25.2. The zero-order valence-electron chi connectivity index (χ0n) is 14.1. The Morgan fingerprint density at radius 2 is 1.75 bits per heavy atom. The van der Waals surface area contributed by atoms with Gasteiger partial charge in [0.1, 0.15) is 0 Å². The Kier molecular flexibility index (Phi) is 5.05. The number of carbonyl (C=O) groups excluding carboxylic acids is 1. The summed E-state index contributed by atoms with van der Waals surface area (Å²) in [5.74, 6) is -0.280. The lowest BCUT2D eigenvalue weighted by molar-refractivity contribution is 0.0912. The molecule has 0 radical (unpaired) electrons. The highest BCUT2D eigenvalue weighted by molar-refractivity contribution is 7.89. The van der Waals surface area contributed by atoms with E-state index in [1.54, 1.807) is 12.4 Å². The van der Waals surface area contributed by atoms with Crippen LogP contribution in [0.1, 0.15) is 29.8 Å². The number of pyridine rings is 1. The van der Waals surface area contributed by atoms with E-state index in [1.807, 2.05) is 26.0 Å². The van der Waals surface area contributed by atoms with Crippen LogP contribution in [0.25, 0.3) is 0 Å². The lowest BCUT2D eigenvalue weighted by Gasteiger charge is -2.26. The maximum atomic E-state index is 12.4.